The Morgan fingerprint density at radius 2 is 2.45 bits per heavy atom. The standard InChI is InChI=1S/C6H6ClN3S/c7-5-4-6(10-3-9-5)11-2-1-8-4/h3,8H,1-2H2. The first-order valence-corrected chi connectivity index (χ1v) is 4.61. The zero-order valence-electron chi connectivity index (χ0n) is 5.67. The third-order valence-corrected chi connectivity index (χ3v) is 2.69. The van der Waals surface area contributed by atoms with Gasteiger partial charge in [0.25, 0.3) is 0 Å². The second-order valence-corrected chi connectivity index (χ2v) is 3.56. The molecule has 0 aliphatic carbocycles. The molecule has 1 aromatic rings. The molecule has 1 aromatic heterocycles. The molecule has 2 heterocycles. The van der Waals surface area contributed by atoms with Crippen molar-refractivity contribution in [2.45, 2.75) is 5.03 Å². The molecular formula is C6H6ClN3S. The van der Waals surface area contributed by atoms with Crippen molar-refractivity contribution in [1.82, 2.24) is 9.97 Å². The van der Waals surface area contributed by atoms with Crippen molar-refractivity contribution in [2.24, 2.45) is 0 Å². The van der Waals surface area contributed by atoms with E-state index >= 15 is 0 Å². The van der Waals surface area contributed by atoms with E-state index in [1.807, 2.05) is 0 Å². The fourth-order valence-corrected chi connectivity index (χ4v) is 2.02. The minimum Gasteiger partial charge on any atom is -0.380 e. The number of anilines is 1. The van der Waals surface area contributed by atoms with Gasteiger partial charge in [0.1, 0.15) is 17.0 Å². The van der Waals surface area contributed by atoms with Crippen LogP contribution in [0.3, 0.4) is 0 Å². The Bertz CT molecular complexity index is 279. The molecule has 0 amide bonds. The third-order valence-electron chi connectivity index (χ3n) is 1.41. The normalized spacial score (nSPS) is 15.4. The van der Waals surface area contributed by atoms with Gasteiger partial charge in [0, 0.05) is 12.3 Å². The molecule has 0 fully saturated rings. The van der Waals surface area contributed by atoms with E-state index in [0.717, 1.165) is 23.0 Å². The van der Waals surface area contributed by atoms with E-state index in [2.05, 4.69) is 15.3 Å². The van der Waals surface area contributed by atoms with E-state index < -0.39 is 0 Å². The molecule has 0 saturated carbocycles. The van der Waals surface area contributed by atoms with Crippen LogP contribution in [0.1, 0.15) is 0 Å². The van der Waals surface area contributed by atoms with Crippen molar-refractivity contribution in [3.63, 3.8) is 0 Å². The fraction of sp³-hybridized carbons (Fsp3) is 0.333. The van der Waals surface area contributed by atoms with Gasteiger partial charge in [0.15, 0.2) is 5.15 Å². The topological polar surface area (TPSA) is 37.8 Å². The lowest BCUT2D eigenvalue weighted by Crippen LogP contribution is -2.12. The number of halogens is 1. The minimum absolute atomic E-state index is 0.516. The molecule has 0 bridgehead atoms. The van der Waals surface area contributed by atoms with Gasteiger partial charge in [-0.05, 0) is 0 Å². The van der Waals surface area contributed by atoms with Gasteiger partial charge in [-0.3, -0.25) is 0 Å². The largest absolute Gasteiger partial charge is 0.380 e. The van der Waals surface area contributed by atoms with Crippen molar-refractivity contribution >= 4 is 29.1 Å². The van der Waals surface area contributed by atoms with Crippen LogP contribution >= 0.6 is 23.4 Å². The Hall–Kier alpha value is -0.480. The Balaban J connectivity index is 2.49. The molecule has 58 valence electrons. The van der Waals surface area contributed by atoms with Crippen LogP contribution in [0.2, 0.25) is 5.15 Å². The van der Waals surface area contributed by atoms with Gasteiger partial charge < -0.3 is 5.32 Å². The van der Waals surface area contributed by atoms with E-state index in [-0.39, 0.29) is 0 Å². The highest BCUT2D eigenvalue weighted by atomic mass is 35.5. The van der Waals surface area contributed by atoms with Crippen LogP contribution in [0.25, 0.3) is 0 Å². The number of hydrogen-bond donors (Lipinski definition) is 1. The maximum atomic E-state index is 5.82. The molecule has 0 radical (unpaired) electrons. The number of rotatable bonds is 0. The highest BCUT2D eigenvalue weighted by molar-refractivity contribution is 7.99. The zero-order chi connectivity index (χ0) is 7.68. The van der Waals surface area contributed by atoms with Crippen LogP contribution < -0.4 is 5.32 Å². The lowest BCUT2D eigenvalue weighted by molar-refractivity contribution is 1.01. The minimum atomic E-state index is 0.516. The molecule has 11 heavy (non-hydrogen) atoms. The predicted octanol–water partition coefficient (Wildman–Crippen LogP) is 1.65. The monoisotopic (exact) mass is 187 g/mol. The lowest BCUT2D eigenvalue weighted by Gasteiger charge is -2.15. The lowest BCUT2D eigenvalue weighted by atomic mass is 10.5. The van der Waals surface area contributed by atoms with Crippen molar-refractivity contribution in [2.75, 3.05) is 17.6 Å². The average molecular weight is 188 g/mol. The van der Waals surface area contributed by atoms with Gasteiger partial charge in [-0.2, -0.15) is 0 Å². The maximum Gasteiger partial charge on any atom is 0.156 e. The smallest absolute Gasteiger partial charge is 0.156 e. The SMILES string of the molecule is Clc1ncnc2c1NCCS2. The molecule has 0 atom stereocenters. The number of aromatic nitrogens is 2. The summed E-state index contributed by atoms with van der Waals surface area (Å²) in [5.74, 6) is 1.04. The van der Waals surface area contributed by atoms with Gasteiger partial charge in [-0.15, -0.1) is 11.8 Å². The summed E-state index contributed by atoms with van der Waals surface area (Å²) in [4.78, 5) is 7.96. The molecule has 3 nitrogen and oxygen atoms in total. The van der Waals surface area contributed by atoms with E-state index in [9.17, 15) is 0 Å². The van der Waals surface area contributed by atoms with Crippen LogP contribution in [0.4, 0.5) is 5.69 Å². The predicted molar refractivity (Wildman–Crippen MR) is 46.3 cm³/mol. The van der Waals surface area contributed by atoms with Gasteiger partial charge in [-0.1, -0.05) is 11.6 Å². The highest BCUT2D eigenvalue weighted by Crippen LogP contribution is 2.32. The van der Waals surface area contributed by atoms with E-state index in [0.29, 0.717) is 5.15 Å². The summed E-state index contributed by atoms with van der Waals surface area (Å²) in [7, 11) is 0. The van der Waals surface area contributed by atoms with E-state index in [1.54, 1.807) is 11.8 Å². The van der Waals surface area contributed by atoms with Crippen molar-refractivity contribution in [1.29, 1.82) is 0 Å². The molecule has 0 unspecified atom stereocenters. The van der Waals surface area contributed by atoms with Crippen LogP contribution in [0.15, 0.2) is 11.4 Å². The molecule has 1 N–H and O–H groups in total. The first kappa shape index (κ1) is 7.18. The summed E-state index contributed by atoms with van der Waals surface area (Å²) in [5.41, 5.74) is 0.880. The van der Waals surface area contributed by atoms with Gasteiger partial charge >= 0.3 is 0 Å². The number of hydrogen-bond acceptors (Lipinski definition) is 4. The first-order chi connectivity index (χ1) is 5.38. The molecule has 5 heteroatoms. The molecule has 0 aromatic carbocycles. The fourth-order valence-electron chi connectivity index (χ4n) is 0.931. The maximum absolute atomic E-state index is 5.82. The summed E-state index contributed by atoms with van der Waals surface area (Å²) in [6.45, 7) is 0.935. The molecule has 0 spiro atoms. The molecule has 1 aliphatic heterocycles. The Morgan fingerprint density at radius 1 is 1.55 bits per heavy atom. The molecular weight excluding hydrogens is 182 g/mol. The quantitative estimate of drug-likeness (QED) is 0.627. The van der Waals surface area contributed by atoms with Crippen LogP contribution in [-0.4, -0.2) is 22.3 Å². The summed E-state index contributed by atoms with van der Waals surface area (Å²) in [6, 6.07) is 0. The van der Waals surface area contributed by atoms with E-state index in [1.165, 1.54) is 6.33 Å². The van der Waals surface area contributed by atoms with Crippen LogP contribution in [-0.2, 0) is 0 Å². The summed E-state index contributed by atoms with van der Waals surface area (Å²) in [6.07, 6.45) is 1.49. The summed E-state index contributed by atoms with van der Waals surface area (Å²) in [5, 5.41) is 4.62. The van der Waals surface area contributed by atoms with Crippen LogP contribution in [0, 0.1) is 0 Å². The molecule has 0 saturated heterocycles. The van der Waals surface area contributed by atoms with Gasteiger partial charge in [-0.25, -0.2) is 9.97 Å². The van der Waals surface area contributed by atoms with Crippen molar-refractivity contribution in [3.05, 3.63) is 11.5 Å². The van der Waals surface area contributed by atoms with Gasteiger partial charge in [0.2, 0.25) is 0 Å². The Morgan fingerprint density at radius 3 is 3.27 bits per heavy atom. The Kier molecular flexibility index (Phi) is 1.87. The zero-order valence-corrected chi connectivity index (χ0v) is 7.24. The van der Waals surface area contributed by atoms with E-state index in [4.69, 9.17) is 11.6 Å². The Labute approximate surface area is 73.6 Å². The summed E-state index contributed by atoms with van der Waals surface area (Å²) < 4.78 is 0. The molecule has 1 aliphatic rings. The molecule has 2 rings (SSSR count). The number of fused-ring (bicyclic) bond motifs is 1. The highest BCUT2D eigenvalue weighted by Gasteiger charge is 2.13. The second kappa shape index (κ2) is 2.87. The first-order valence-electron chi connectivity index (χ1n) is 3.25. The number of thioether (sulfide) groups is 1. The summed E-state index contributed by atoms with van der Waals surface area (Å²) >= 11 is 7.52. The average Bonchev–Trinajstić information content (AvgIpc) is 2.06. The number of nitrogens with zero attached hydrogens (tertiary/aromatic N) is 2. The third kappa shape index (κ3) is 1.28. The van der Waals surface area contributed by atoms with Gasteiger partial charge in [0.05, 0.1) is 0 Å². The van der Waals surface area contributed by atoms with Crippen molar-refractivity contribution in [3.8, 4) is 0 Å². The second-order valence-electron chi connectivity index (χ2n) is 2.12. The van der Waals surface area contributed by atoms with Crippen molar-refractivity contribution < 1.29 is 0 Å². The number of nitrogens with one attached hydrogen (secondary N) is 1. The van der Waals surface area contributed by atoms with Crippen LogP contribution in [0.5, 0.6) is 0 Å².